The zero-order chi connectivity index (χ0) is 17.9. The first-order valence-corrected chi connectivity index (χ1v) is 9.41. The number of hydrogen-bond donors (Lipinski definition) is 2. The minimum absolute atomic E-state index is 0.253. The summed E-state index contributed by atoms with van der Waals surface area (Å²) >= 11 is 1.28. The first-order valence-electron chi connectivity index (χ1n) is 8.64. The van der Waals surface area contributed by atoms with Crippen molar-refractivity contribution in [2.24, 2.45) is 5.73 Å². The Morgan fingerprint density at radius 1 is 1.19 bits per heavy atom. The van der Waals surface area contributed by atoms with E-state index >= 15 is 0 Å². The predicted molar refractivity (Wildman–Crippen MR) is 99.3 cm³/mol. The smallest absolute Gasteiger partial charge is 0.262 e. The van der Waals surface area contributed by atoms with Crippen LogP contribution in [0.1, 0.15) is 33.6 Å². The summed E-state index contributed by atoms with van der Waals surface area (Å²) < 4.78 is 4.91. The molecule has 0 atom stereocenters. The Kier molecular flexibility index (Phi) is 3.37. The van der Waals surface area contributed by atoms with E-state index in [-0.39, 0.29) is 18.4 Å². The first kappa shape index (κ1) is 15.8. The molecule has 0 aliphatic carbocycles. The molecule has 0 radical (unpaired) electrons. The summed E-state index contributed by atoms with van der Waals surface area (Å²) in [5, 5.41) is 8.98. The van der Waals surface area contributed by atoms with Crippen molar-refractivity contribution < 1.29 is 9.59 Å². The number of piperidine rings is 1. The van der Waals surface area contributed by atoms with Gasteiger partial charge in [-0.15, -0.1) is 5.10 Å². The van der Waals surface area contributed by atoms with Crippen molar-refractivity contribution in [2.45, 2.75) is 18.4 Å². The highest BCUT2D eigenvalue weighted by atomic mass is 32.1. The number of carbonyl (C=O) groups excluding carboxylic acids is 2. The molecular weight excluding hydrogens is 350 g/mol. The molecule has 0 spiro atoms. The number of amides is 2. The third kappa shape index (κ3) is 1.94. The molecule has 2 amide bonds. The second-order valence-corrected chi connectivity index (χ2v) is 7.65. The van der Waals surface area contributed by atoms with Crippen LogP contribution in [0.4, 0.5) is 0 Å². The Morgan fingerprint density at radius 3 is 2.73 bits per heavy atom. The van der Waals surface area contributed by atoms with Gasteiger partial charge in [-0.05, 0) is 49.6 Å². The van der Waals surface area contributed by atoms with Gasteiger partial charge in [-0.3, -0.25) is 14.5 Å². The average molecular weight is 367 g/mol. The molecule has 0 bridgehead atoms. The third-order valence-electron chi connectivity index (χ3n) is 5.63. The van der Waals surface area contributed by atoms with Crippen molar-refractivity contribution in [1.29, 1.82) is 0 Å². The quantitative estimate of drug-likeness (QED) is 0.666. The lowest BCUT2D eigenvalue weighted by Gasteiger charge is -2.46. The molecule has 0 saturated carbocycles. The Hall–Kier alpha value is -2.42. The molecule has 26 heavy (non-hydrogen) atoms. The second-order valence-electron chi connectivity index (χ2n) is 6.90. The third-order valence-corrected chi connectivity index (χ3v) is 6.40. The number of aromatic nitrogens is 2. The number of nitrogens with two attached hydrogens (primary N) is 1. The fourth-order valence-corrected chi connectivity index (χ4v) is 4.91. The number of nitrogens with one attached hydrogen (secondary N) is 1. The number of fused-ring (bicyclic) bond motifs is 2. The van der Waals surface area contributed by atoms with Crippen LogP contribution in [-0.4, -0.2) is 51.5 Å². The zero-order valence-corrected chi connectivity index (χ0v) is 14.8. The normalized spacial score (nSPS) is 19.5. The molecule has 3 aromatic rings. The number of benzene rings is 2. The highest BCUT2D eigenvalue weighted by Gasteiger charge is 2.47. The van der Waals surface area contributed by atoms with Gasteiger partial charge in [-0.2, -0.15) is 0 Å². The predicted octanol–water partition coefficient (Wildman–Crippen LogP) is 1.52. The van der Waals surface area contributed by atoms with Gasteiger partial charge in [0.05, 0.1) is 15.8 Å². The van der Waals surface area contributed by atoms with Gasteiger partial charge in [0.2, 0.25) is 0 Å². The number of rotatable bonds is 2. The highest BCUT2D eigenvalue weighted by Crippen LogP contribution is 2.39. The van der Waals surface area contributed by atoms with E-state index < -0.39 is 5.54 Å². The number of hydrogen-bond acceptors (Lipinski definition) is 7. The van der Waals surface area contributed by atoms with Crippen molar-refractivity contribution in [3.8, 4) is 0 Å². The van der Waals surface area contributed by atoms with Crippen molar-refractivity contribution >= 4 is 44.3 Å². The van der Waals surface area contributed by atoms with Crippen LogP contribution in [0, 0.1) is 0 Å². The monoisotopic (exact) mass is 367 g/mol. The lowest BCUT2D eigenvalue weighted by atomic mass is 9.82. The molecule has 2 aliphatic heterocycles. The molecule has 0 unspecified atom stereocenters. The van der Waals surface area contributed by atoms with Crippen LogP contribution >= 0.6 is 11.5 Å². The molecule has 8 heteroatoms. The van der Waals surface area contributed by atoms with Gasteiger partial charge in [-0.25, -0.2) is 0 Å². The van der Waals surface area contributed by atoms with Crippen LogP contribution in [0.2, 0.25) is 0 Å². The summed E-state index contributed by atoms with van der Waals surface area (Å²) in [7, 11) is 0. The number of carbonyl (C=O) groups is 2. The fourth-order valence-electron chi connectivity index (χ4n) is 4.24. The van der Waals surface area contributed by atoms with Gasteiger partial charge in [-0.1, -0.05) is 16.6 Å². The van der Waals surface area contributed by atoms with Gasteiger partial charge in [0, 0.05) is 22.9 Å². The van der Waals surface area contributed by atoms with Gasteiger partial charge >= 0.3 is 0 Å². The Morgan fingerprint density at radius 2 is 1.96 bits per heavy atom. The molecule has 1 fully saturated rings. The highest BCUT2D eigenvalue weighted by molar-refractivity contribution is 7.14. The van der Waals surface area contributed by atoms with E-state index in [1.54, 1.807) is 12.1 Å². The van der Waals surface area contributed by atoms with E-state index in [0.29, 0.717) is 34.9 Å². The van der Waals surface area contributed by atoms with E-state index in [1.807, 2.05) is 12.1 Å². The largest absolute Gasteiger partial charge is 0.328 e. The van der Waals surface area contributed by atoms with E-state index in [4.69, 9.17) is 5.73 Å². The lowest BCUT2D eigenvalue weighted by Crippen LogP contribution is -2.63. The Balaban J connectivity index is 1.79. The fraction of sp³-hybridized carbons (Fsp3) is 0.333. The average Bonchev–Trinajstić information content (AvgIpc) is 3.15. The van der Waals surface area contributed by atoms with Crippen molar-refractivity contribution in [3.05, 3.63) is 35.4 Å². The van der Waals surface area contributed by atoms with Gasteiger partial charge < -0.3 is 11.1 Å². The molecular formula is C18H17N5O2S. The molecule has 3 heterocycles. The summed E-state index contributed by atoms with van der Waals surface area (Å²) in [6.45, 7) is 1.73. The Labute approximate surface area is 153 Å². The van der Waals surface area contributed by atoms with E-state index in [1.165, 1.54) is 16.4 Å². The topological polar surface area (TPSA) is 101 Å². The minimum Gasteiger partial charge on any atom is -0.328 e. The van der Waals surface area contributed by atoms with Crippen LogP contribution in [0.5, 0.6) is 0 Å². The molecule has 5 rings (SSSR count). The lowest BCUT2D eigenvalue weighted by molar-refractivity contribution is 0.0316. The van der Waals surface area contributed by atoms with Gasteiger partial charge in [0.1, 0.15) is 5.52 Å². The molecule has 1 aromatic heterocycles. The maximum Gasteiger partial charge on any atom is 0.262 e. The standard InChI is InChI=1S/C18H17N5O2S/c19-9-18(4-6-20-7-5-18)23-16(24)11-3-1-2-10-14(11)12(17(23)25)8-13-15(10)26-22-21-13/h1-3,8,20H,4-7,9,19H2. The van der Waals surface area contributed by atoms with Crippen molar-refractivity contribution in [2.75, 3.05) is 19.6 Å². The molecule has 132 valence electrons. The summed E-state index contributed by atoms with van der Waals surface area (Å²) in [6.07, 6.45) is 1.32. The summed E-state index contributed by atoms with van der Waals surface area (Å²) in [4.78, 5) is 28.2. The molecule has 2 aromatic carbocycles. The van der Waals surface area contributed by atoms with E-state index in [2.05, 4.69) is 14.9 Å². The maximum absolute atomic E-state index is 13.4. The SMILES string of the molecule is NCC1(N2C(=O)c3cccc4c3c(cc3nnsc34)C2=O)CCNCC1. The molecule has 1 saturated heterocycles. The summed E-state index contributed by atoms with van der Waals surface area (Å²) in [6, 6.07) is 7.32. The zero-order valence-electron chi connectivity index (χ0n) is 14.0. The van der Waals surface area contributed by atoms with Crippen LogP contribution in [0.3, 0.4) is 0 Å². The molecule has 2 aliphatic rings. The second kappa shape index (κ2) is 5.54. The molecule has 7 nitrogen and oxygen atoms in total. The van der Waals surface area contributed by atoms with E-state index in [9.17, 15) is 9.59 Å². The van der Waals surface area contributed by atoms with Gasteiger partial charge in [0.15, 0.2) is 0 Å². The van der Waals surface area contributed by atoms with E-state index in [0.717, 1.165) is 23.2 Å². The van der Waals surface area contributed by atoms with Crippen molar-refractivity contribution in [1.82, 2.24) is 19.8 Å². The summed E-state index contributed by atoms with van der Waals surface area (Å²) in [5.74, 6) is -0.529. The van der Waals surface area contributed by atoms with Crippen LogP contribution in [0.15, 0.2) is 24.3 Å². The van der Waals surface area contributed by atoms with Crippen LogP contribution < -0.4 is 11.1 Å². The van der Waals surface area contributed by atoms with Crippen LogP contribution in [-0.2, 0) is 0 Å². The molecule has 3 N–H and O–H groups in total. The minimum atomic E-state index is -0.644. The first-order chi connectivity index (χ1) is 12.7. The maximum atomic E-state index is 13.4. The van der Waals surface area contributed by atoms with Crippen LogP contribution in [0.25, 0.3) is 21.0 Å². The van der Waals surface area contributed by atoms with Gasteiger partial charge in [0.25, 0.3) is 11.8 Å². The summed E-state index contributed by atoms with van der Waals surface area (Å²) in [5.41, 5.74) is 7.20. The number of imide groups is 1. The van der Waals surface area contributed by atoms with Crippen molar-refractivity contribution in [3.63, 3.8) is 0 Å². The number of nitrogens with zero attached hydrogens (tertiary/aromatic N) is 3. The Bertz CT molecular complexity index is 1070.